The van der Waals surface area contributed by atoms with E-state index in [4.69, 9.17) is 0 Å². The van der Waals surface area contributed by atoms with Gasteiger partial charge < -0.3 is 4.57 Å². The van der Waals surface area contributed by atoms with Crippen LogP contribution in [0.15, 0.2) is 23.2 Å². The first-order valence-corrected chi connectivity index (χ1v) is 5.47. The predicted octanol–water partition coefficient (Wildman–Crippen LogP) is 2.70. The van der Waals surface area contributed by atoms with Crippen molar-refractivity contribution in [1.82, 2.24) is 14.5 Å². The molecule has 1 aliphatic carbocycles. The van der Waals surface area contributed by atoms with E-state index in [9.17, 15) is 0 Å². The van der Waals surface area contributed by atoms with Crippen LogP contribution in [-0.4, -0.2) is 14.5 Å². The monoisotopic (exact) mass is 251 g/mol. The van der Waals surface area contributed by atoms with Gasteiger partial charge in [0.25, 0.3) is 0 Å². The molecule has 72 valence electrons. The van der Waals surface area contributed by atoms with Gasteiger partial charge >= 0.3 is 0 Å². The lowest BCUT2D eigenvalue weighted by Crippen LogP contribution is -2.10. The summed E-state index contributed by atoms with van der Waals surface area (Å²) in [7, 11) is 0. The highest BCUT2D eigenvalue weighted by molar-refractivity contribution is 9.10. The summed E-state index contributed by atoms with van der Waals surface area (Å²) in [6, 6.07) is 1.96. The summed E-state index contributed by atoms with van der Waals surface area (Å²) in [4.78, 5) is 8.62. The van der Waals surface area contributed by atoms with Crippen molar-refractivity contribution >= 4 is 27.0 Å². The maximum atomic E-state index is 4.38. The molecule has 2 heterocycles. The van der Waals surface area contributed by atoms with E-state index in [-0.39, 0.29) is 0 Å². The van der Waals surface area contributed by atoms with E-state index in [1.165, 1.54) is 12.8 Å². The Bertz CT molecular complexity index is 499. The summed E-state index contributed by atoms with van der Waals surface area (Å²) in [5, 5.41) is 0. The van der Waals surface area contributed by atoms with Crippen LogP contribution < -0.4 is 0 Å². The first-order chi connectivity index (χ1) is 6.69. The van der Waals surface area contributed by atoms with Crippen LogP contribution in [0.1, 0.15) is 19.8 Å². The SMILES string of the molecule is CC1(n2cnc3cc(Br)ncc32)CC1. The third-order valence-electron chi connectivity index (χ3n) is 2.96. The molecule has 4 heteroatoms. The number of pyridine rings is 1. The second-order valence-electron chi connectivity index (χ2n) is 4.11. The molecule has 0 spiro atoms. The minimum absolute atomic E-state index is 0.296. The number of imidazole rings is 1. The summed E-state index contributed by atoms with van der Waals surface area (Å²) in [6.45, 7) is 2.26. The van der Waals surface area contributed by atoms with Gasteiger partial charge in [-0.05, 0) is 41.8 Å². The normalized spacial score (nSPS) is 18.7. The van der Waals surface area contributed by atoms with Gasteiger partial charge in [0.1, 0.15) is 4.60 Å². The van der Waals surface area contributed by atoms with Gasteiger partial charge in [-0.3, -0.25) is 0 Å². The molecule has 0 aromatic carbocycles. The fourth-order valence-electron chi connectivity index (χ4n) is 1.74. The molecular weight excluding hydrogens is 242 g/mol. The van der Waals surface area contributed by atoms with Crippen LogP contribution in [0.3, 0.4) is 0 Å². The maximum absolute atomic E-state index is 4.38. The van der Waals surface area contributed by atoms with E-state index in [0.29, 0.717) is 5.54 Å². The van der Waals surface area contributed by atoms with Gasteiger partial charge in [0, 0.05) is 5.54 Å². The second kappa shape index (κ2) is 2.57. The largest absolute Gasteiger partial charge is 0.323 e. The maximum Gasteiger partial charge on any atom is 0.108 e. The molecule has 1 fully saturated rings. The Morgan fingerprint density at radius 3 is 2.93 bits per heavy atom. The zero-order valence-electron chi connectivity index (χ0n) is 7.87. The quantitative estimate of drug-likeness (QED) is 0.730. The van der Waals surface area contributed by atoms with E-state index in [2.05, 4.69) is 37.4 Å². The summed E-state index contributed by atoms with van der Waals surface area (Å²) in [5.74, 6) is 0. The molecule has 0 saturated heterocycles. The fourth-order valence-corrected chi connectivity index (χ4v) is 2.06. The molecule has 3 rings (SSSR count). The highest BCUT2D eigenvalue weighted by Gasteiger charge is 2.40. The van der Waals surface area contributed by atoms with Crippen LogP contribution in [0.2, 0.25) is 0 Å². The number of hydrogen-bond donors (Lipinski definition) is 0. The molecule has 0 radical (unpaired) electrons. The Kier molecular flexibility index (Phi) is 1.54. The lowest BCUT2D eigenvalue weighted by atomic mass is 10.3. The molecule has 0 bridgehead atoms. The van der Waals surface area contributed by atoms with Crippen LogP contribution in [0.4, 0.5) is 0 Å². The van der Waals surface area contributed by atoms with E-state index in [1.54, 1.807) is 0 Å². The molecule has 0 amide bonds. The van der Waals surface area contributed by atoms with Crippen LogP contribution >= 0.6 is 15.9 Å². The number of nitrogens with zero attached hydrogens (tertiary/aromatic N) is 3. The van der Waals surface area contributed by atoms with Gasteiger partial charge in [-0.1, -0.05) is 0 Å². The van der Waals surface area contributed by atoms with Crippen molar-refractivity contribution in [2.24, 2.45) is 0 Å². The highest BCUT2D eigenvalue weighted by Crippen LogP contribution is 2.44. The van der Waals surface area contributed by atoms with Crippen molar-refractivity contribution < 1.29 is 0 Å². The molecular formula is C10H10BrN3. The molecule has 0 N–H and O–H groups in total. The van der Waals surface area contributed by atoms with Crippen LogP contribution in [0.25, 0.3) is 11.0 Å². The smallest absolute Gasteiger partial charge is 0.108 e. The van der Waals surface area contributed by atoms with E-state index in [1.807, 2.05) is 18.6 Å². The van der Waals surface area contributed by atoms with Gasteiger partial charge in [0.05, 0.1) is 23.6 Å². The first-order valence-electron chi connectivity index (χ1n) is 4.68. The van der Waals surface area contributed by atoms with Gasteiger partial charge in [0.2, 0.25) is 0 Å². The summed E-state index contributed by atoms with van der Waals surface area (Å²) in [5.41, 5.74) is 2.44. The van der Waals surface area contributed by atoms with Crippen LogP contribution in [0, 0.1) is 0 Å². The Labute approximate surface area is 90.3 Å². The molecule has 0 unspecified atom stereocenters. The Balaban J connectivity index is 2.27. The molecule has 0 atom stereocenters. The topological polar surface area (TPSA) is 30.7 Å². The number of rotatable bonds is 1. The average Bonchev–Trinajstić information content (AvgIpc) is 2.77. The fraction of sp³-hybridized carbons (Fsp3) is 0.400. The van der Waals surface area contributed by atoms with E-state index < -0.39 is 0 Å². The minimum atomic E-state index is 0.296. The van der Waals surface area contributed by atoms with Crippen molar-refractivity contribution in [2.75, 3.05) is 0 Å². The van der Waals surface area contributed by atoms with Gasteiger partial charge in [-0.15, -0.1) is 0 Å². The molecule has 1 aliphatic rings. The van der Waals surface area contributed by atoms with E-state index >= 15 is 0 Å². The zero-order chi connectivity index (χ0) is 9.76. The first kappa shape index (κ1) is 8.41. The molecule has 0 aliphatic heterocycles. The number of halogens is 1. The summed E-state index contributed by atoms with van der Waals surface area (Å²) in [6.07, 6.45) is 6.30. The molecule has 1 saturated carbocycles. The Hall–Kier alpha value is -0.900. The molecule has 2 aromatic rings. The lowest BCUT2D eigenvalue weighted by Gasteiger charge is -2.10. The van der Waals surface area contributed by atoms with Gasteiger partial charge in [0.15, 0.2) is 0 Å². The van der Waals surface area contributed by atoms with Gasteiger partial charge in [-0.2, -0.15) is 0 Å². The number of hydrogen-bond acceptors (Lipinski definition) is 2. The number of fused-ring (bicyclic) bond motifs is 1. The predicted molar refractivity (Wildman–Crippen MR) is 58.1 cm³/mol. The van der Waals surface area contributed by atoms with Crippen LogP contribution in [-0.2, 0) is 5.54 Å². The van der Waals surface area contributed by atoms with Crippen molar-refractivity contribution in [2.45, 2.75) is 25.3 Å². The standard InChI is InChI=1S/C10H10BrN3/c1-10(2-3-10)14-6-13-7-4-9(11)12-5-8(7)14/h4-6H,2-3H2,1H3. The van der Waals surface area contributed by atoms with E-state index in [0.717, 1.165) is 15.6 Å². The van der Waals surface area contributed by atoms with Crippen molar-refractivity contribution in [3.05, 3.63) is 23.2 Å². The molecule has 3 nitrogen and oxygen atoms in total. The third-order valence-corrected chi connectivity index (χ3v) is 3.39. The highest BCUT2D eigenvalue weighted by atomic mass is 79.9. The minimum Gasteiger partial charge on any atom is -0.323 e. The van der Waals surface area contributed by atoms with Gasteiger partial charge in [-0.25, -0.2) is 9.97 Å². The molecule has 14 heavy (non-hydrogen) atoms. The summed E-state index contributed by atoms with van der Waals surface area (Å²) >= 11 is 3.35. The third kappa shape index (κ3) is 1.10. The summed E-state index contributed by atoms with van der Waals surface area (Å²) < 4.78 is 3.08. The Morgan fingerprint density at radius 2 is 2.21 bits per heavy atom. The van der Waals surface area contributed by atoms with Crippen molar-refractivity contribution in [3.8, 4) is 0 Å². The number of aromatic nitrogens is 3. The lowest BCUT2D eigenvalue weighted by molar-refractivity contribution is 0.547. The molecule has 2 aromatic heterocycles. The van der Waals surface area contributed by atoms with Crippen LogP contribution in [0.5, 0.6) is 0 Å². The Morgan fingerprint density at radius 1 is 1.43 bits per heavy atom. The van der Waals surface area contributed by atoms with Crippen molar-refractivity contribution in [1.29, 1.82) is 0 Å². The van der Waals surface area contributed by atoms with Crippen molar-refractivity contribution in [3.63, 3.8) is 0 Å². The average molecular weight is 252 g/mol. The zero-order valence-corrected chi connectivity index (χ0v) is 9.45. The second-order valence-corrected chi connectivity index (χ2v) is 4.92.